The van der Waals surface area contributed by atoms with Crippen molar-refractivity contribution >= 4 is 11.6 Å². The SMILES string of the molecule is CCOc1ccccc1NC(=O)C1CCN(Cc2nc(-c3ccc(OC)c(OC)c3)no2)CC1. The third-order valence-electron chi connectivity index (χ3n) is 5.87. The van der Waals surface area contributed by atoms with Gasteiger partial charge in [-0.1, -0.05) is 17.3 Å². The van der Waals surface area contributed by atoms with Crippen molar-refractivity contribution < 1.29 is 23.5 Å². The van der Waals surface area contributed by atoms with Crippen molar-refractivity contribution in [2.24, 2.45) is 5.92 Å². The standard InChI is InChI=1S/C25H30N4O5/c1-4-33-20-8-6-5-7-19(20)26-25(30)17-11-13-29(14-12-17)16-23-27-24(28-34-23)18-9-10-21(31-2)22(15-18)32-3/h5-10,15,17H,4,11-14,16H2,1-3H3,(H,26,30). The second-order valence-electron chi connectivity index (χ2n) is 8.05. The second kappa shape index (κ2) is 11.0. The number of nitrogens with zero attached hydrogens (tertiary/aromatic N) is 3. The lowest BCUT2D eigenvalue weighted by Crippen LogP contribution is -2.37. The average Bonchev–Trinajstić information content (AvgIpc) is 3.33. The van der Waals surface area contributed by atoms with Crippen LogP contribution in [0.4, 0.5) is 5.69 Å². The third-order valence-corrected chi connectivity index (χ3v) is 5.87. The highest BCUT2D eigenvalue weighted by Gasteiger charge is 2.26. The topological polar surface area (TPSA) is 99.0 Å². The van der Waals surface area contributed by atoms with E-state index in [0.29, 0.717) is 47.8 Å². The van der Waals surface area contributed by atoms with Gasteiger partial charge >= 0.3 is 0 Å². The molecular weight excluding hydrogens is 436 g/mol. The summed E-state index contributed by atoms with van der Waals surface area (Å²) < 4.78 is 21.7. The van der Waals surface area contributed by atoms with Crippen LogP contribution in [0.2, 0.25) is 0 Å². The molecule has 0 atom stereocenters. The Labute approximate surface area is 199 Å². The van der Waals surface area contributed by atoms with Gasteiger partial charge in [-0.15, -0.1) is 0 Å². The monoisotopic (exact) mass is 466 g/mol. The highest BCUT2D eigenvalue weighted by atomic mass is 16.5. The van der Waals surface area contributed by atoms with Crippen LogP contribution in [0, 0.1) is 5.92 Å². The van der Waals surface area contributed by atoms with Crippen molar-refractivity contribution in [3.8, 4) is 28.6 Å². The zero-order chi connectivity index (χ0) is 23.9. The Hall–Kier alpha value is -3.59. The quantitative estimate of drug-likeness (QED) is 0.505. The van der Waals surface area contributed by atoms with Gasteiger partial charge < -0.3 is 24.1 Å². The zero-order valence-corrected chi connectivity index (χ0v) is 19.7. The molecule has 3 aromatic rings. The summed E-state index contributed by atoms with van der Waals surface area (Å²) in [6.45, 7) is 4.57. The number of ether oxygens (including phenoxy) is 3. The molecule has 4 rings (SSSR count). The highest BCUT2D eigenvalue weighted by molar-refractivity contribution is 5.94. The molecule has 0 unspecified atom stereocenters. The fraction of sp³-hybridized carbons (Fsp3) is 0.400. The van der Waals surface area contributed by atoms with Crippen LogP contribution < -0.4 is 19.5 Å². The Balaban J connectivity index is 1.31. The molecule has 34 heavy (non-hydrogen) atoms. The number of carbonyl (C=O) groups is 1. The highest BCUT2D eigenvalue weighted by Crippen LogP contribution is 2.31. The Morgan fingerprint density at radius 3 is 2.59 bits per heavy atom. The summed E-state index contributed by atoms with van der Waals surface area (Å²) in [5.41, 5.74) is 1.50. The molecule has 0 radical (unpaired) electrons. The van der Waals surface area contributed by atoms with Crippen LogP contribution in [0.3, 0.4) is 0 Å². The van der Waals surface area contributed by atoms with Crippen molar-refractivity contribution in [2.75, 3.05) is 39.2 Å². The molecule has 9 heteroatoms. The molecule has 1 N–H and O–H groups in total. The number of likely N-dealkylation sites (tertiary alicyclic amines) is 1. The van der Waals surface area contributed by atoms with E-state index in [-0.39, 0.29) is 11.8 Å². The molecule has 0 aliphatic carbocycles. The lowest BCUT2D eigenvalue weighted by Gasteiger charge is -2.30. The number of aromatic nitrogens is 2. The molecule has 0 bridgehead atoms. The number of anilines is 1. The molecule has 180 valence electrons. The number of piperidine rings is 1. The predicted molar refractivity (Wildman–Crippen MR) is 127 cm³/mol. The van der Waals surface area contributed by atoms with E-state index in [1.807, 2.05) is 49.4 Å². The first kappa shape index (κ1) is 23.6. The van der Waals surface area contributed by atoms with E-state index < -0.39 is 0 Å². The first-order valence-corrected chi connectivity index (χ1v) is 11.4. The van der Waals surface area contributed by atoms with Crippen LogP contribution in [-0.4, -0.2) is 54.9 Å². The van der Waals surface area contributed by atoms with Gasteiger partial charge in [-0.3, -0.25) is 9.69 Å². The summed E-state index contributed by atoms with van der Waals surface area (Å²) in [6.07, 6.45) is 1.53. The Morgan fingerprint density at radius 1 is 1.09 bits per heavy atom. The van der Waals surface area contributed by atoms with Crippen molar-refractivity contribution in [3.63, 3.8) is 0 Å². The second-order valence-corrected chi connectivity index (χ2v) is 8.05. The van der Waals surface area contributed by atoms with E-state index >= 15 is 0 Å². The van der Waals surface area contributed by atoms with Crippen molar-refractivity contribution in [1.82, 2.24) is 15.0 Å². The Kier molecular flexibility index (Phi) is 7.64. The first-order valence-electron chi connectivity index (χ1n) is 11.4. The lowest BCUT2D eigenvalue weighted by molar-refractivity contribution is -0.121. The maximum absolute atomic E-state index is 12.8. The maximum atomic E-state index is 12.8. The van der Waals surface area contributed by atoms with Gasteiger partial charge in [-0.2, -0.15) is 4.98 Å². The molecule has 0 saturated carbocycles. The van der Waals surface area contributed by atoms with Crippen LogP contribution in [0.5, 0.6) is 17.2 Å². The number of rotatable bonds is 9. The number of nitrogens with one attached hydrogen (secondary N) is 1. The predicted octanol–water partition coefficient (Wildman–Crippen LogP) is 4.00. The number of hydrogen-bond acceptors (Lipinski definition) is 8. The van der Waals surface area contributed by atoms with Gasteiger partial charge in [0.15, 0.2) is 11.5 Å². The molecule has 0 spiro atoms. The third kappa shape index (κ3) is 5.48. The van der Waals surface area contributed by atoms with E-state index in [1.165, 1.54) is 0 Å². The summed E-state index contributed by atoms with van der Waals surface area (Å²) in [7, 11) is 3.18. The minimum absolute atomic E-state index is 0.0281. The Bertz CT molecular complexity index is 1110. The number of amides is 1. The average molecular weight is 467 g/mol. The lowest BCUT2D eigenvalue weighted by atomic mass is 9.96. The van der Waals surface area contributed by atoms with Gasteiger partial charge in [0.1, 0.15) is 5.75 Å². The van der Waals surface area contributed by atoms with Crippen LogP contribution >= 0.6 is 0 Å². The van der Waals surface area contributed by atoms with Crippen LogP contribution in [0.25, 0.3) is 11.4 Å². The minimum Gasteiger partial charge on any atom is -0.493 e. The van der Waals surface area contributed by atoms with E-state index in [4.69, 9.17) is 18.7 Å². The van der Waals surface area contributed by atoms with E-state index in [1.54, 1.807) is 14.2 Å². The molecule has 1 saturated heterocycles. The summed E-state index contributed by atoms with van der Waals surface area (Å²) in [5.74, 6) is 2.96. The molecule has 9 nitrogen and oxygen atoms in total. The van der Waals surface area contributed by atoms with Gasteiger partial charge in [0.25, 0.3) is 0 Å². The van der Waals surface area contributed by atoms with Crippen molar-refractivity contribution in [2.45, 2.75) is 26.3 Å². The Morgan fingerprint density at radius 2 is 1.85 bits per heavy atom. The van der Waals surface area contributed by atoms with Gasteiger partial charge in [0.2, 0.25) is 17.6 Å². The van der Waals surface area contributed by atoms with Crippen molar-refractivity contribution in [3.05, 3.63) is 48.4 Å². The smallest absolute Gasteiger partial charge is 0.241 e. The van der Waals surface area contributed by atoms with Gasteiger partial charge in [-0.25, -0.2) is 0 Å². The number of para-hydroxylation sites is 2. The van der Waals surface area contributed by atoms with Gasteiger partial charge in [0.05, 0.1) is 33.1 Å². The summed E-state index contributed by atoms with van der Waals surface area (Å²) in [4.78, 5) is 19.6. The largest absolute Gasteiger partial charge is 0.493 e. The van der Waals surface area contributed by atoms with Crippen LogP contribution in [0.15, 0.2) is 47.0 Å². The molecule has 1 aromatic heterocycles. The van der Waals surface area contributed by atoms with Crippen molar-refractivity contribution in [1.29, 1.82) is 0 Å². The molecule has 1 aliphatic heterocycles. The van der Waals surface area contributed by atoms with E-state index in [2.05, 4.69) is 20.4 Å². The first-order chi connectivity index (χ1) is 16.6. The number of carbonyl (C=O) groups excluding carboxylic acids is 1. The number of methoxy groups -OCH3 is 2. The van der Waals surface area contributed by atoms with Gasteiger partial charge in [-0.05, 0) is 63.2 Å². The molecule has 1 amide bonds. The summed E-state index contributed by atoms with van der Waals surface area (Å²) in [5, 5.41) is 7.14. The van der Waals surface area contributed by atoms with E-state index in [9.17, 15) is 4.79 Å². The minimum atomic E-state index is -0.0454. The van der Waals surface area contributed by atoms with Crippen LogP contribution in [-0.2, 0) is 11.3 Å². The molecular formula is C25H30N4O5. The molecule has 1 fully saturated rings. The number of hydrogen-bond donors (Lipinski definition) is 1. The zero-order valence-electron chi connectivity index (χ0n) is 19.7. The normalized spacial score (nSPS) is 14.6. The van der Waals surface area contributed by atoms with Crippen LogP contribution in [0.1, 0.15) is 25.7 Å². The fourth-order valence-corrected chi connectivity index (χ4v) is 4.04. The van der Waals surface area contributed by atoms with E-state index in [0.717, 1.165) is 31.5 Å². The number of benzene rings is 2. The maximum Gasteiger partial charge on any atom is 0.241 e. The summed E-state index contributed by atoms with van der Waals surface area (Å²) in [6, 6.07) is 13.0. The molecule has 2 heterocycles. The summed E-state index contributed by atoms with van der Waals surface area (Å²) >= 11 is 0. The fourth-order valence-electron chi connectivity index (χ4n) is 4.04. The molecule has 2 aromatic carbocycles. The van der Waals surface area contributed by atoms with Gasteiger partial charge in [0, 0.05) is 11.5 Å². The molecule has 1 aliphatic rings.